The summed E-state index contributed by atoms with van der Waals surface area (Å²) in [5.41, 5.74) is 0.0255. The predicted octanol–water partition coefficient (Wildman–Crippen LogP) is 1.37. The van der Waals surface area contributed by atoms with Gasteiger partial charge in [0.15, 0.2) is 0 Å². The van der Waals surface area contributed by atoms with Crippen LogP contribution in [-0.4, -0.2) is 33.9 Å². The number of aliphatic carboxylic acids is 1. The number of ether oxygens (including phenoxy) is 1. The second-order valence-corrected chi connectivity index (χ2v) is 4.09. The molecule has 0 fully saturated rings. The summed E-state index contributed by atoms with van der Waals surface area (Å²) in [5, 5.41) is 14.8. The number of rotatable bonds is 5. The average molecular weight is 293 g/mol. The molecule has 8 heteroatoms. The third-order valence-corrected chi connectivity index (χ3v) is 2.61. The number of carboxylic acids is 1. The predicted molar refractivity (Wildman–Crippen MR) is 70.8 cm³/mol. The molecule has 0 spiro atoms. The van der Waals surface area contributed by atoms with Crippen LogP contribution in [0.15, 0.2) is 30.6 Å². The Hall–Kier alpha value is -2.90. The molecule has 21 heavy (non-hydrogen) atoms. The normalized spacial score (nSPS) is 10.2. The van der Waals surface area contributed by atoms with E-state index in [1.54, 1.807) is 0 Å². The summed E-state index contributed by atoms with van der Waals surface area (Å²) in [6.45, 7) is -0.334. The first-order chi connectivity index (χ1) is 10.0. The molecule has 0 saturated carbocycles. The molecule has 7 nitrogen and oxygen atoms in total. The number of benzene rings is 1. The molecule has 0 atom stereocenters. The highest BCUT2D eigenvalue weighted by molar-refractivity contribution is 6.06. The third kappa shape index (κ3) is 3.35. The van der Waals surface area contributed by atoms with E-state index in [0.29, 0.717) is 0 Å². The van der Waals surface area contributed by atoms with Crippen LogP contribution in [0, 0.1) is 5.82 Å². The Morgan fingerprint density at radius 3 is 2.90 bits per heavy atom. The third-order valence-electron chi connectivity index (χ3n) is 2.61. The van der Waals surface area contributed by atoms with Crippen molar-refractivity contribution < 1.29 is 23.8 Å². The Morgan fingerprint density at radius 2 is 2.24 bits per heavy atom. The number of halogens is 1. The van der Waals surface area contributed by atoms with Crippen LogP contribution in [-0.2, 0) is 11.3 Å². The number of amides is 1. The van der Waals surface area contributed by atoms with Gasteiger partial charge in [-0.25, -0.2) is 4.39 Å². The van der Waals surface area contributed by atoms with Crippen molar-refractivity contribution in [1.82, 2.24) is 9.78 Å². The molecule has 110 valence electrons. The lowest BCUT2D eigenvalue weighted by molar-refractivity contribution is -0.137. The van der Waals surface area contributed by atoms with E-state index in [9.17, 15) is 14.0 Å². The largest absolute Gasteiger partial charge is 0.496 e. The van der Waals surface area contributed by atoms with E-state index in [2.05, 4.69) is 10.4 Å². The lowest BCUT2D eigenvalue weighted by atomic mass is 10.1. The number of hydrogen-bond donors (Lipinski definition) is 2. The van der Waals surface area contributed by atoms with E-state index >= 15 is 0 Å². The summed E-state index contributed by atoms with van der Waals surface area (Å²) in [7, 11) is 1.33. The maximum atomic E-state index is 13.7. The van der Waals surface area contributed by atoms with Crippen LogP contribution in [0.4, 0.5) is 10.1 Å². The van der Waals surface area contributed by atoms with Gasteiger partial charge in [-0.3, -0.25) is 14.3 Å². The van der Waals surface area contributed by atoms with Crippen molar-refractivity contribution in [3.8, 4) is 5.75 Å². The van der Waals surface area contributed by atoms with Crippen molar-refractivity contribution >= 4 is 17.6 Å². The number of methoxy groups -OCH3 is 1. The molecule has 2 rings (SSSR count). The fraction of sp³-hybridized carbons (Fsp3) is 0.154. The zero-order valence-corrected chi connectivity index (χ0v) is 11.0. The van der Waals surface area contributed by atoms with Gasteiger partial charge in [0.25, 0.3) is 5.91 Å². The number of nitrogens with one attached hydrogen (secondary N) is 1. The topological polar surface area (TPSA) is 93.5 Å². The van der Waals surface area contributed by atoms with Gasteiger partial charge in [0, 0.05) is 6.20 Å². The standard InChI is InChI=1S/C13H12FN3O4/c1-21-10-4-2-3-9(14)12(10)13(20)16-8-5-15-17(6-8)7-11(18)19/h2-6H,7H2,1H3,(H,16,20)(H,18,19). The molecular formula is C13H12FN3O4. The Morgan fingerprint density at radius 1 is 1.48 bits per heavy atom. The molecule has 0 aliphatic rings. The summed E-state index contributed by atoms with van der Waals surface area (Å²) in [5.74, 6) is -2.39. The van der Waals surface area contributed by atoms with E-state index in [1.165, 1.54) is 31.6 Å². The summed E-state index contributed by atoms with van der Waals surface area (Å²) >= 11 is 0. The quantitative estimate of drug-likeness (QED) is 0.868. The first-order valence-corrected chi connectivity index (χ1v) is 5.89. The van der Waals surface area contributed by atoms with Gasteiger partial charge >= 0.3 is 5.97 Å². The van der Waals surface area contributed by atoms with E-state index in [0.717, 1.165) is 10.7 Å². The van der Waals surface area contributed by atoms with Gasteiger partial charge in [-0.05, 0) is 12.1 Å². The van der Waals surface area contributed by atoms with Gasteiger partial charge in [0.1, 0.15) is 23.7 Å². The summed E-state index contributed by atoms with van der Waals surface area (Å²) < 4.78 is 19.8. The molecule has 0 aliphatic carbocycles. The zero-order chi connectivity index (χ0) is 15.4. The van der Waals surface area contributed by atoms with E-state index in [1.807, 2.05) is 0 Å². The number of aromatic nitrogens is 2. The summed E-state index contributed by atoms with van der Waals surface area (Å²) in [6.07, 6.45) is 2.60. The summed E-state index contributed by atoms with van der Waals surface area (Å²) in [4.78, 5) is 22.6. The van der Waals surface area contributed by atoms with Crippen molar-refractivity contribution in [2.45, 2.75) is 6.54 Å². The molecule has 1 amide bonds. The minimum Gasteiger partial charge on any atom is -0.496 e. The van der Waals surface area contributed by atoms with Crippen LogP contribution < -0.4 is 10.1 Å². The maximum absolute atomic E-state index is 13.7. The number of carboxylic acid groups (broad SMARTS) is 1. The lowest BCUT2D eigenvalue weighted by Gasteiger charge is -2.08. The fourth-order valence-electron chi connectivity index (χ4n) is 1.74. The van der Waals surface area contributed by atoms with Crippen LogP contribution >= 0.6 is 0 Å². The number of anilines is 1. The Balaban J connectivity index is 2.18. The number of carbonyl (C=O) groups is 2. The van der Waals surface area contributed by atoms with Gasteiger partial charge in [-0.2, -0.15) is 5.10 Å². The van der Waals surface area contributed by atoms with Gasteiger partial charge < -0.3 is 15.2 Å². The van der Waals surface area contributed by atoms with E-state index in [-0.39, 0.29) is 23.5 Å². The molecular weight excluding hydrogens is 281 g/mol. The van der Waals surface area contributed by atoms with E-state index in [4.69, 9.17) is 9.84 Å². The molecule has 0 aliphatic heterocycles. The minimum absolute atomic E-state index is 0.102. The van der Waals surface area contributed by atoms with Crippen LogP contribution in [0.25, 0.3) is 0 Å². The molecule has 0 unspecified atom stereocenters. The van der Waals surface area contributed by atoms with Crippen molar-refractivity contribution in [3.05, 3.63) is 42.0 Å². The summed E-state index contributed by atoms with van der Waals surface area (Å²) in [6, 6.07) is 4.03. The van der Waals surface area contributed by atoms with Gasteiger partial charge in [0.2, 0.25) is 0 Å². The second-order valence-electron chi connectivity index (χ2n) is 4.09. The van der Waals surface area contributed by atoms with E-state index < -0.39 is 17.7 Å². The molecule has 0 radical (unpaired) electrons. The molecule has 1 aromatic carbocycles. The minimum atomic E-state index is -1.06. The molecule has 1 heterocycles. The molecule has 0 saturated heterocycles. The van der Waals surface area contributed by atoms with Gasteiger partial charge in [-0.15, -0.1) is 0 Å². The number of hydrogen-bond acceptors (Lipinski definition) is 4. The first-order valence-electron chi connectivity index (χ1n) is 5.89. The highest BCUT2D eigenvalue weighted by atomic mass is 19.1. The van der Waals surface area contributed by atoms with Crippen LogP contribution in [0.5, 0.6) is 5.75 Å². The second kappa shape index (κ2) is 6.04. The molecule has 2 aromatic rings. The van der Waals surface area contributed by atoms with Gasteiger partial charge in [-0.1, -0.05) is 6.07 Å². The van der Waals surface area contributed by atoms with Crippen molar-refractivity contribution in [2.75, 3.05) is 12.4 Å². The fourth-order valence-corrected chi connectivity index (χ4v) is 1.74. The molecule has 0 bridgehead atoms. The SMILES string of the molecule is COc1cccc(F)c1C(=O)Nc1cnn(CC(=O)O)c1. The maximum Gasteiger partial charge on any atom is 0.325 e. The first kappa shape index (κ1) is 14.5. The number of carbonyl (C=O) groups excluding carboxylic acids is 1. The van der Waals surface area contributed by atoms with Crippen molar-refractivity contribution in [1.29, 1.82) is 0 Å². The van der Waals surface area contributed by atoms with Crippen molar-refractivity contribution in [3.63, 3.8) is 0 Å². The number of nitrogens with zero attached hydrogens (tertiary/aromatic N) is 2. The van der Waals surface area contributed by atoms with Crippen LogP contribution in [0.1, 0.15) is 10.4 Å². The Kier molecular flexibility index (Phi) is 4.17. The Labute approximate surface area is 119 Å². The van der Waals surface area contributed by atoms with Crippen LogP contribution in [0.2, 0.25) is 0 Å². The zero-order valence-electron chi connectivity index (χ0n) is 11.0. The average Bonchev–Trinajstić information content (AvgIpc) is 2.84. The highest BCUT2D eigenvalue weighted by Gasteiger charge is 2.18. The smallest absolute Gasteiger partial charge is 0.325 e. The molecule has 2 N–H and O–H groups in total. The van der Waals surface area contributed by atoms with Crippen LogP contribution in [0.3, 0.4) is 0 Å². The highest BCUT2D eigenvalue weighted by Crippen LogP contribution is 2.22. The monoisotopic (exact) mass is 293 g/mol. The Bertz CT molecular complexity index is 684. The van der Waals surface area contributed by atoms with Gasteiger partial charge in [0.05, 0.1) is 19.0 Å². The van der Waals surface area contributed by atoms with Crippen molar-refractivity contribution in [2.24, 2.45) is 0 Å². The lowest BCUT2D eigenvalue weighted by Crippen LogP contribution is -2.15. The molecule has 1 aromatic heterocycles.